The van der Waals surface area contributed by atoms with Crippen LogP contribution in [0.5, 0.6) is 23.0 Å². The Morgan fingerprint density at radius 1 is 0.567 bits per heavy atom. The largest absolute Gasteiger partial charge is 0.488 e. The second-order valence-corrected chi connectivity index (χ2v) is 21.2. The van der Waals surface area contributed by atoms with Crippen LogP contribution in [-0.4, -0.2) is 23.1 Å². The summed E-state index contributed by atoms with van der Waals surface area (Å²) < 4.78 is 24.8. The Morgan fingerprint density at radius 3 is 1.42 bits per heavy atom. The van der Waals surface area contributed by atoms with E-state index in [-0.39, 0.29) is 33.8 Å². The summed E-state index contributed by atoms with van der Waals surface area (Å²) in [5.74, 6) is 2.55. The first kappa shape index (κ1) is 46.5. The zero-order valence-electron chi connectivity index (χ0n) is 39.3. The third-order valence-electron chi connectivity index (χ3n) is 13.5. The van der Waals surface area contributed by atoms with Crippen LogP contribution in [0.2, 0.25) is 0 Å². The smallest absolute Gasteiger partial charge is 0.320 e. The first-order valence-electron chi connectivity index (χ1n) is 22.0. The van der Waals surface area contributed by atoms with Crippen LogP contribution in [0.4, 0.5) is 0 Å². The zero-order valence-corrected chi connectivity index (χ0v) is 39.3. The summed E-state index contributed by atoms with van der Waals surface area (Å²) in [7, 11) is 0. The van der Waals surface area contributed by atoms with E-state index in [4.69, 9.17) is 18.9 Å². The molecule has 0 amide bonds. The monoisotopic (exact) mass is 817 g/mol. The highest BCUT2D eigenvalue weighted by molar-refractivity contribution is 5.80. The van der Waals surface area contributed by atoms with E-state index in [0.717, 1.165) is 36.1 Å². The molecule has 0 aliphatic heterocycles. The molecule has 6 heteroatoms. The van der Waals surface area contributed by atoms with Gasteiger partial charge < -0.3 is 18.9 Å². The van der Waals surface area contributed by atoms with E-state index in [9.17, 15) is 9.59 Å². The summed E-state index contributed by atoms with van der Waals surface area (Å²) in [6, 6.07) is 32.8. The SMILES string of the molecule is CCC(C)(C)Oc1ccc(C2(c3ccc(OC(=O)C(C)(C)[C@@](C)(CC)Oc4ccc(C(C)(C)c5ccc(OC(=O)C(C)(C)C)cc5)cc4)cc3)CC(C)CC(C)(C)C2)cc1. The molecule has 60 heavy (non-hydrogen) atoms. The molecule has 0 heterocycles. The molecule has 324 valence electrons. The van der Waals surface area contributed by atoms with Gasteiger partial charge in [-0.15, -0.1) is 0 Å². The van der Waals surface area contributed by atoms with Crippen LogP contribution >= 0.6 is 0 Å². The van der Waals surface area contributed by atoms with Crippen LogP contribution in [-0.2, 0) is 20.4 Å². The van der Waals surface area contributed by atoms with Gasteiger partial charge in [0.1, 0.15) is 39.6 Å². The molecule has 1 saturated carbocycles. The van der Waals surface area contributed by atoms with Crippen molar-refractivity contribution in [3.63, 3.8) is 0 Å². The Kier molecular flexibility index (Phi) is 13.2. The van der Waals surface area contributed by atoms with Gasteiger partial charge in [-0.1, -0.05) is 97.0 Å². The van der Waals surface area contributed by atoms with Crippen molar-refractivity contribution < 1.29 is 28.5 Å². The summed E-state index contributed by atoms with van der Waals surface area (Å²) in [6.45, 7) is 31.2. The predicted molar refractivity (Wildman–Crippen MR) is 244 cm³/mol. The first-order valence-corrected chi connectivity index (χ1v) is 22.0. The van der Waals surface area contributed by atoms with Gasteiger partial charge in [0.25, 0.3) is 0 Å². The van der Waals surface area contributed by atoms with Crippen molar-refractivity contribution in [3.8, 4) is 23.0 Å². The number of hydrogen-bond donors (Lipinski definition) is 0. The third-order valence-corrected chi connectivity index (χ3v) is 13.5. The first-order chi connectivity index (χ1) is 27.8. The van der Waals surface area contributed by atoms with Gasteiger partial charge in [-0.05, 0) is 170 Å². The molecule has 6 nitrogen and oxygen atoms in total. The average molecular weight is 817 g/mol. The molecule has 1 fully saturated rings. The minimum Gasteiger partial charge on any atom is -0.488 e. The number of benzene rings is 4. The lowest BCUT2D eigenvalue weighted by Gasteiger charge is -2.48. The molecular weight excluding hydrogens is 745 g/mol. The lowest BCUT2D eigenvalue weighted by atomic mass is 9.55. The van der Waals surface area contributed by atoms with Crippen LogP contribution in [0.15, 0.2) is 97.1 Å². The Bertz CT molecular complexity index is 2080. The molecule has 0 spiro atoms. The van der Waals surface area contributed by atoms with Crippen molar-refractivity contribution in [2.75, 3.05) is 0 Å². The molecule has 5 rings (SSSR count). The van der Waals surface area contributed by atoms with Crippen LogP contribution in [0.3, 0.4) is 0 Å². The van der Waals surface area contributed by atoms with Crippen molar-refractivity contribution >= 4 is 11.9 Å². The molecule has 3 atom stereocenters. The van der Waals surface area contributed by atoms with Gasteiger partial charge in [0.2, 0.25) is 0 Å². The number of ether oxygens (including phenoxy) is 4. The van der Waals surface area contributed by atoms with Crippen LogP contribution in [0.1, 0.15) is 158 Å². The van der Waals surface area contributed by atoms with E-state index >= 15 is 0 Å². The van der Waals surface area contributed by atoms with E-state index < -0.39 is 16.4 Å². The fourth-order valence-electron chi connectivity index (χ4n) is 8.91. The molecule has 2 unspecified atom stereocenters. The van der Waals surface area contributed by atoms with Crippen molar-refractivity contribution in [3.05, 3.63) is 119 Å². The minimum atomic E-state index is -0.989. The number of carbonyl (C=O) groups is 2. The number of carbonyl (C=O) groups excluding carboxylic acids is 2. The van der Waals surface area contributed by atoms with Gasteiger partial charge in [0.15, 0.2) is 0 Å². The molecular formula is C54H72O6. The lowest BCUT2D eigenvalue weighted by molar-refractivity contribution is -0.157. The molecule has 0 saturated heterocycles. The summed E-state index contributed by atoms with van der Waals surface area (Å²) >= 11 is 0. The summed E-state index contributed by atoms with van der Waals surface area (Å²) in [5.41, 5.74) is 1.70. The van der Waals surface area contributed by atoms with Gasteiger partial charge in [-0.3, -0.25) is 9.59 Å². The second kappa shape index (κ2) is 17.1. The van der Waals surface area contributed by atoms with Crippen LogP contribution in [0.25, 0.3) is 0 Å². The van der Waals surface area contributed by atoms with Crippen LogP contribution in [0, 0.1) is 22.2 Å². The average Bonchev–Trinajstić information content (AvgIpc) is 3.17. The van der Waals surface area contributed by atoms with Crippen molar-refractivity contribution in [2.45, 2.75) is 158 Å². The van der Waals surface area contributed by atoms with Gasteiger partial charge in [-0.25, -0.2) is 0 Å². The third kappa shape index (κ3) is 10.1. The molecule has 1 aliphatic carbocycles. The summed E-state index contributed by atoms with van der Waals surface area (Å²) in [5, 5.41) is 0. The summed E-state index contributed by atoms with van der Waals surface area (Å²) in [4.78, 5) is 26.5. The molecule has 0 bridgehead atoms. The predicted octanol–water partition coefficient (Wildman–Crippen LogP) is 13.8. The molecule has 1 aliphatic rings. The number of rotatable bonds is 14. The zero-order chi connectivity index (χ0) is 44.5. The standard InChI is InChI=1S/C54H72O6/c1-16-50(9,10)59-44-32-24-41(25-33-44)54(35-37(3)34-49(7,8)36-54)40-22-28-43(29-23-40)58-47(56)52(13,14)53(15,17-2)60-45-30-20-39(21-31-45)51(11,12)38-18-26-42(27-19-38)57-46(55)48(4,5)6/h18-33,37H,16-17,34-36H2,1-15H3/t37?,53-,54?/m1/s1. The maximum atomic E-state index is 14.1. The highest BCUT2D eigenvalue weighted by atomic mass is 16.5. The number of esters is 2. The highest BCUT2D eigenvalue weighted by Crippen LogP contribution is 2.54. The second-order valence-electron chi connectivity index (χ2n) is 21.2. The Balaban J connectivity index is 1.31. The fourth-order valence-corrected chi connectivity index (χ4v) is 8.91. The van der Waals surface area contributed by atoms with Crippen molar-refractivity contribution in [1.82, 2.24) is 0 Å². The molecule has 0 aromatic heterocycles. The fraction of sp³-hybridized carbons (Fsp3) is 0.519. The maximum Gasteiger partial charge on any atom is 0.320 e. The molecule has 0 N–H and O–H groups in total. The number of hydrogen-bond acceptors (Lipinski definition) is 6. The Hall–Kier alpha value is -4.58. The molecule has 4 aromatic rings. The maximum absolute atomic E-state index is 14.1. The van der Waals surface area contributed by atoms with E-state index in [2.05, 4.69) is 104 Å². The van der Waals surface area contributed by atoms with E-state index in [1.165, 1.54) is 17.5 Å². The Labute approximate surface area is 361 Å². The molecule has 4 aromatic carbocycles. The minimum absolute atomic E-state index is 0.158. The van der Waals surface area contributed by atoms with Gasteiger partial charge in [0, 0.05) is 10.8 Å². The van der Waals surface area contributed by atoms with Crippen LogP contribution < -0.4 is 18.9 Å². The normalized spacial score (nSPS) is 19.5. The van der Waals surface area contributed by atoms with E-state index in [1.54, 1.807) is 0 Å². The van der Waals surface area contributed by atoms with Gasteiger partial charge in [0.05, 0.1) is 5.41 Å². The van der Waals surface area contributed by atoms with Crippen molar-refractivity contribution in [1.29, 1.82) is 0 Å². The van der Waals surface area contributed by atoms with Crippen molar-refractivity contribution in [2.24, 2.45) is 22.2 Å². The Morgan fingerprint density at radius 2 is 0.983 bits per heavy atom. The molecule has 0 radical (unpaired) electrons. The highest BCUT2D eigenvalue weighted by Gasteiger charge is 2.50. The van der Waals surface area contributed by atoms with E-state index in [0.29, 0.717) is 29.6 Å². The summed E-state index contributed by atoms with van der Waals surface area (Å²) in [6.07, 6.45) is 4.75. The van der Waals surface area contributed by atoms with E-state index in [1.807, 2.05) is 97.0 Å². The lowest BCUT2D eigenvalue weighted by Crippen LogP contribution is -2.52. The van der Waals surface area contributed by atoms with Gasteiger partial charge in [-0.2, -0.15) is 0 Å². The van der Waals surface area contributed by atoms with Gasteiger partial charge >= 0.3 is 11.9 Å². The quantitative estimate of drug-likeness (QED) is 0.0932. The topological polar surface area (TPSA) is 71.1 Å².